The molecule has 3 aromatic rings. The van der Waals surface area contributed by atoms with Gasteiger partial charge >= 0.3 is 6.09 Å². The quantitative estimate of drug-likeness (QED) is 0.689. The van der Waals surface area contributed by atoms with Gasteiger partial charge < -0.3 is 5.11 Å². The maximum Gasteiger partial charge on any atom is 0.408 e. The van der Waals surface area contributed by atoms with Gasteiger partial charge in [-0.25, -0.2) is 14.2 Å². The summed E-state index contributed by atoms with van der Waals surface area (Å²) in [7, 11) is 0. The Hall–Kier alpha value is -3.22. The molecule has 1 N–H and O–H groups in total. The van der Waals surface area contributed by atoms with E-state index in [-0.39, 0.29) is 11.5 Å². The van der Waals surface area contributed by atoms with E-state index in [0.29, 0.717) is 17.3 Å². The SMILES string of the molecule is CC[C@@H](c1nc2ccccc2c(=O)n1-c1ccccc1F)N(C(=O)O)C(C)(C)C. The molecule has 0 radical (unpaired) electrons. The van der Waals surface area contributed by atoms with Crippen molar-refractivity contribution in [3.63, 3.8) is 0 Å². The fourth-order valence-corrected chi connectivity index (χ4v) is 3.61. The van der Waals surface area contributed by atoms with E-state index in [0.717, 1.165) is 0 Å². The fraction of sp³-hybridized carbons (Fsp3) is 0.318. The number of rotatable bonds is 4. The van der Waals surface area contributed by atoms with Crippen molar-refractivity contribution in [2.75, 3.05) is 0 Å². The van der Waals surface area contributed by atoms with E-state index in [1.807, 2.05) is 6.92 Å². The molecular weight excluding hydrogens is 373 g/mol. The van der Waals surface area contributed by atoms with Crippen molar-refractivity contribution in [3.8, 4) is 5.69 Å². The Bertz CT molecular complexity index is 1120. The molecule has 0 aliphatic carbocycles. The molecule has 0 unspecified atom stereocenters. The van der Waals surface area contributed by atoms with Gasteiger partial charge in [0.25, 0.3) is 5.56 Å². The third kappa shape index (κ3) is 3.72. The van der Waals surface area contributed by atoms with E-state index < -0.39 is 29.1 Å². The summed E-state index contributed by atoms with van der Waals surface area (Å²) in [5.74, 6) is -0.390. The van der Waals surface area contributed by atoms with Gasteiger partial charge in [-0.1, -0.05) is 31.2 Å². The van der Waals surface area contributed by atoms with Crippen LogP contribution in [-0.2, 0) is 0 Å². The average molecular weight is 397 g/mol. The van der Waals surface area contributed by atoms with Gasteiger partial charge in [0.1, 0.15) is 11.6 Å². The Morgan fingerprint density at radius 1 is 1.17 bits per heavy atom. The van der Waals surface area contributed by atoms with Gasteiger partial charge in [0, 0.05) is 5.54 Å². The van der Waals surface area contributed by atoms with Gasteiger partial charge in [-0.2, -0.15) is 0 Å². The van der Waals surface area contributed by atoms with Gasteiger partial charge in [-0.15, -0.1) is 0 Å². The second-order valence-corrected chi connectivity index (χ2v) is 7.83. The second kappa shape index (κ2) is 7.66. The van der Waals surface area contributed by atoms with E-state index in [1.165, 1.54) is 27.7 Å². The van der Waals surface area contributed by atoms with E-state index in [9.17, 15) is 19.1 Å². The number of carbonyl (C=O) groups is 1. The fourth-order valence-electron chi connectivity index (χ4n) is 3.61. The summed E-state index contributed by atoms with van der Waals surface area (Å²) in [5.41, 5.74) is -0.703. The molecule has 0 saturated carbocycles. The van der Waals surface area contributed by atoms with Crippen LogP contribution >= 0.6 is 0 Å². The number of hydrogen-bond donors (Lipinski definition) is 1. The highest BCUT2D eigenvalue weighted by atomic mass is 19.1. The van der Waals surface area contributed by atoms with Crippen molar-refractivity contribution in [1.29, 1.82) is 0 Å². The van der Waals surface area contributed by atoms with Crippen LogP contribution in [0.5, 0.6) is 0 Å². The first-order valence-electron chi connectivity index (χ1n) is 9.45. The number of para-hydroxylation sites is 2. The van der Waals surface area contributed by atoms with Crippen LogP contribution in [0.3, 0.4) is 0 Å². The normalized spacial score (nSPS) is 12.7. The van der Waals surface area contributed by atoms with Gasteiger partial charge in [0.05, 0.1) is 22.6 Å². The van der Waals surface area contributed by atoms with Crippen LogP contribution in [0.1, 0.15) is 46.0 Å². The largest absolute Gasteiger partial charge is 0.465 e. The van der Waals surface area contributed by atoms with Crippen molar-refractivity contribution in [2.45, 2.75) is 45.7 Å². The minimum absolute atomic E-state index is 0.0449. The highest BCUT2D eigenvalue weighted by molar-refractivity contribution is 5.78. The van der Waals surface area contributed by atoms with Gasteiger partial charge in [-0.3, -0.25) is 14.3 Å². The Morgan fingerprint density at radius 3 is 2.38 bits per heavy atom. The highest BCUT2D eigenvalue weighted by Crippen LogP contribution is 2.31. The number of amides is 1. The number of fused-ring (bicyclic) bond motifs is 1. The zero-order valence-electron chi connectivity index (χ0n) is 16.9. The first-order valence-corrected chi connectivity index (χ1v) is 9.45. The van der Waals surface area contributed by atoms with Crippen LogP contribution in [0.25, 0.3) is 16.6 Å². The van der Waals surface area contributed by atoms with Crippen LogP contribution in [0, 0.1) is 5.82 Å². The molecule has 1 atom stereocenters. The lowest BCUT2D eigenvalue weighted by Crippen LogP contribution is -2.48. The van der Waals surface area contributed by atoms with Crippen LogP contribution < -0.4 is 5.56 Å². The van der Waals surface area contributed by atoms with E-state index in [2.05, 4.69) is 4.98 Å². The molecule has 6 nitrogen and oxygen atoms in total. The molecule has 0 saturated heterocycles. The Balaban J connectivity index is 2.42. The number of hydrogen-bond acceptors (Lipinski definition) is 3. The molecular formula is C22H24FN3O3. The summed E-state index contributed by atoms with van der Waals surface area (Å²) in [4.78, 5) is 31.4. The summed E-state index contributed by atoms with van der Waals surface area (Å²) < 4.78 is 15.9. The molecule has 0 spiro atoms. The van der Waals surface area contributed by atoms with Gasteiger partial charge in [-0.05, 0) is 51.5 Å². The molecule has 1 aromatic heterocycles. The minimum Gasteiger partial charge on any atom is -0.465 e. The van der Waals surface area contributed by atoms with E-state index in [1.54, 1.807) is 51.1 Å². The maximum atomic E-state index is 14.7. The lowest BCUT2D eigenvalue weighted by molar-refractivity contribution is 0.0646. The average Bonchev–Trinajstić information content (AvgIpc) is 2.65. The smallest absolute Gasteiger partial charge is 0.408 e. The Morgan fingerprint density at radius 2 is 1.79 bits per heavy atom. The summed E-state index contributed by atoms with van der Waals surface area (Å²) in [6, 6.07) is 12.0. The number of benzene rings is 2. The standard InChI is InChI=1S/C22H24FN3O3/c1-5-17(26(21(28)29)22(2,3)4)19-24-16-12-8-6-10-14(16)20(27)25(19)18-13-9-7-11-15(18)23/h6-13,17H,5H2,1-4H3,(H,28,29)/t17-/m0/s1. The molecule has 0 aliphatic heterocycles. The highest BCUT2D eigenvalue weighted by Gasteiger charge is 2.36. The molecule has 152 valence electrons. The first kappa shape index (κ1) is 20.5. The summed E-state index contributed by atoms with van der Waals surface area (Å²) in [6.07, 6.45) is -0.769. The number of carboxylic acid groups (broad SMARTS) is 1. The van der Waals surface area contributed by atoms with E-state index >= 15 is 0 Å². The first-order chi connectivity index (χ1) is 13.7. The zero-order chi connectivity index (χ0) is 21.3. The number of halogens is 1. The topological polar surface area (TPSA) is 75.4 Å². The van der Waals surface area contributed by atoms with Gasteiger partial charge in [0.2, 0.25) is 0 Å². The lowest BCUT2D eigenvalue weighted by Gasteiger charge is -2.39. The third-order valence-corrected chi connectivity index (χ3v) is 4.82. The van der Waals surface area contributed by atoms with Crippen LogP contribution in [0.4, 0.5) is 9.18 Å². The van der Waals surface area contributed by atoms with Crippen molar-refractivity contribution in [1.82, 2.24) is 14.5 Å². The molecule has 1 amide bonds. The molecule has 3 rings (SSSR count). The molecule has 2 aromatic carbocycles. The van der Waals surface area contributed by atoms with E-state index in [4.69, 9.17) is 0 Å². The second-order valence-electron chi connectivity index (χ2n) is 7.83. The zero-order valence-corrected chi connectivity index (χ0v) is 16.9. The number of aromatic nitrogens is 2. The van der Waals surface area contributed by atoms with Crippen LogP contribution in [0.15, 0.2) is 53.3 Å². The van der Waals surface area contributed by atoms with Gasteiger partial charge in [0.15, 0.2) is 0 Å². The van der Waals surface area contributed by atoms with Crippen molar-refractivity contribution >= 4 is 17.0 Å². The molecule has 1 heterocycles. The predicted molar refractivity (Wildman–Crippen MR) is 110 cm³/mol. The third-order valence-electron chi connectivity index (χ3n) is 4.82. The summed E-state index contributed by atoms with van der Waals surface area (Å²) in [5, 5.41) is 10.2. The Labute approximate surface area is 168 Å². The minimum atomic E-state index is -1.13. The molecule has 0 fully saturated rings. The molecule has 0 aliphatic rings. The molecule has 0 bridgehead atoms. The van der Waals surface area contributed by atoms with Crippen LogP contribution in [0.2, 0.25) is 0 Å². The van der Waals surface area contributed by atoms with Crippen molar-refractivity contribution in [2.24, 2.45) is 0 Å². The molecule has 7 heteroatoms. The maximum absolute atomic E-state index is 14.7. The molecule has 29 heavy (non-hydrogen) atoms. The monoisotopic (exact) mass is 397 g/mol. The van der Waals surface area contributed by atoms with Crippen LogP contribution in [-0.4, -0.2) is 31.2 Å². The predicted octanol–water partition coefficient (Wildman–Crippen LogP) is 4.75. The lowest BCUT2D eigenvalue weighted by atomic mass is 10.0. The summed E-state index contributed by atoms with van der Waals surface area (Å²) >= 11 is 0. The summed E-state index contributed by atoms with van der Waals surface area (Å²) in [6.45, 7) is 7.14. The Kier molecular flexibility index (Phi) is 5.42. The van der Waals surface area contributed by atoms with Crippen molar-refractivity contribution in [3.05, 3.63) is 70.5 Å². The van der Waals surface area contributed by atoms with Crippen molar-refractivity contribution < 1.29 is 14.3 Å². The number of nitrogens with zero attached hydrogens (tertiary/aromatic N) is 3.